The van der Waals surface area contributed by atoms with Crippen LogP contribution in [0.5, 0.6) is 0 Å². The molecule has 0 N–H and O–H groups in total. The van der Waals surface area contributed by atoms with Crippen LogP contribution in [0.4, 0.5) is 14.5 Å². The van der Waals surface area contributed by atoms with E-state index in [9.17, 15) is 8.78 Å². The highest BCUT2D eigenvalue weighted by Gasteiger charge is 2.15. The molecular formula is C12H15F2NO. The largest absolute Gasteiger partial charge is 0.378 e. The maximum atomic E-state index is 13.6. The first-order valence-electron chi connectivity index (χ1n) is 5.53. The minimum absolute atomic E-state index is 0.164. The number of nitrogens with zero attached hydrogens (tertiary/aromatic N) is 1. The van der Waals surface area contributed by atoms with Gasteiger partial charge in [0, 0.05) is 24.3 Å². The Hall–Kier alpha value is -1.16. The molecule has 1 saturated heterocycles. The van der Waals surface area contributed by atoms with Gasteiger partial charge in [-0.25, -0.2) is 8.78 Å². The van der Waals surface area contributed by atoms with Crippen molar-refractivity contribution in [2.45, 2.75) is 13.3 Å². The van der Waals surface area contributed by atoms with Crippen molar-refractivity contribution in [3.05, 3.63) is 29.3 Å². The number of hydrogen-bond acceptors (Lipinski definition) is 2. The summed E-state index contributed by atoms with van der Waals surface area (Å²) in [4.78, 5) is 1.94. The van der Waals surface area contributed by atoms with Crippen molar-refractivity contribution in [3.63, 3.8) is 0 Å². The molecule has 2 rings (SSSR count). The fourth-order valence-corrected chi connectivity index (χ4v) is 1.93. The number of morpholine rings is 1. The zero-order valence-electron chi connectivity index (χ0n) is 9.30. The van der Waals surface area contributed by atoms with Crippen molar-refractivity contribution in [3.8, 4) is 0 Å². The average molecular weight is 227 g/mol. The van der Waals surface area contributed by atoms with E-state index in [1.807, 2.05) is 4.90 Å². The lowest BCUT2D eigenvalue weighted by Gasteiger charge is -2.29. The third-order valence-electron chi connectivity index (χ3n) is 2.86. The molecule has 0 spiro atoms. The number of benzene rings is 1. The Kier molecular flexibility index (Phi) is 3.39. The summed E-state index contributed by atoms with van der Waals surface area (Å²) in [6, 6.07) is 2.82. The van der Waals surface area contributed by atoms with Gasteiger partial charge in [0.15, 0.2) is 0 Å². The lowest BCUT2D eigenvalue weighted by atomic mass is 10.1. The summed E-state index contributed by atoms with van der Waals surface area (Å²) < 4.78 is 32.3. The van der Waals surface area contributed by atoms with Gasteiger partial charge in [-0.15, -0.1) is 0 Å². The minimum Gasteiger partial charge on any atom is -0.378 e. The van der Waals surface area contributed by atoms with Crippen LogP contribution >= 0.6 is 0 Å². The third kappa shape index (κ3) is 2.16. The van der Waals surface area contributed by atoms with E-state index in [4.69, 9.17) is 4.74 Å². The van der Waals surface area contributed by atoms with Crippen molar-refractivity contribution in [1.29, 1.82) is 0 Å². The molecule has 1 aliphatic rings. The molecule has 0 atom stereocenters. The molecule has 0 amide bonds. The summed E-state index contributed by atoms with van der Waals surface area (Å²) >= 11 is 0. The quantitative estimate of drug-likeness (QED) is 0.769. The standard InChI is InChI=1S/C12H15F2NO/c1-2-10-11(13)7-9(8-12(10)14)15-3-5-16-6-4-15/h7-8H,2-6H2,1H3. The molecule has 1 aromatic rings. The number of ether oxygens (including phenoxy) is 1. The number of hydrogen-bond donors (Lipinski definition) is 0. The zero-order chi connectivity index (χ0) is 11.5. The van der Waals surface area contributed by atoms with Crippen molar-refractivity contribution in [2.24, 2.45) is 0 Å². The van der Waals surface area contributed by atoms with E-state index in [1.165, 1.54) is 12.1 Å². The number of rotatable bonds is 2. The van der Waals surface area contributed by atoms with Crippen LogP contribution < -0.4 is 4.90 Å². The Balaban J connectivity index is 2.28. The summed E-state index contributed by atoms with van der Waals surface area (Å²) in [5, 5.41) is 0. The molecule has 2 nitrogen and oxygen atoms in total. The Bertz CT molecular complexity index is 352. The van der Waals surface area contributed by atoms with Gasteiger partial charge < -0.3 is 9.64 Å². The molecule has 0 aromatic heterocycles. The van der Waals surface area contributed by atoms with Gasteiger partial charge in [0.25, 0.3) is 0 Å². The van der Waals surface area contributed by atoms with Gasteiger partial charge in [-0.05, 0) is 18.6 Å². The Morgan fingerprint density at radius 3 is 2.25 bits per heavy atom. The fraction of sp³-hybridized carbons (Fsp3) is 0.500. The first kappa shape index (κ1) is 11.3. The molecule has 0 saturated carbocycles. The molecule has 1 aliphatic heterocycles. The van der Waals surface area contributed by atoms with E-state index in [-0.39, 0.29) is 5.56 Å². The number of halogens is 2. The SMILES string of the molecule is CCc1c(F)cc(N2CCOCC2)cc1F. The van der Waals surface area contributed by atoms with Crippen LogP contribution in [-0.2, 0) is 11.2 Å². The maximum Gasteiger partial charge on any atom is 0.131 e. The van der Waals surface area contributed by atoms with Gasteiger partial charge in [0.05, 0.1) is 13.2 Å². The van der Waals surface area contributed by atoms with Crippen LogP contribution in [0, 0.1) is 11.6 Å². The molecule has 0 aliphatic carbocycles. The predicted molar refractivity (Wildman–Crippen MR) is 58.8 cm³/mol. The van der Waals surface area contributed by atoms with Crippen molar-refractivity contribution >= 4 is 5.69 Å². The van der Waals surface area contributed by atoms with Crippen LogP contribution in [-0.4, -0.2) is 26.3 Å². The Morgan fingerprint density at radius 1 is 1.19 bits per heavy atom. The highest BCUT2D eigenvalue weighted by molar-refractivity contribution is 5.49. The van der Waals surface area contributed by atoms with Crippen LogP contribution in [0.25, 0.3) is 0 Å². The second kappa shape index (κ2) is 4.78. The topological polar surface area (TPSA) is 12.5 Å². The normalized spacial score (nSPS) is 16.6. The molecule has 88 valence electrons. The van der Waals surface area contributed by atoms with Gasteiger partial charge in [-0.1, -0.05) is 6.92 Å². The van der Waals surface area contributed by atoms with Gasteiger partial charge in [0.2, 0.25) is 0 Å². The zero-order valence-corrected chi connectivity index (χ0v) is 9.30. The summed E-state index contributed by atoms with van der Waals surface area (Å²) in [5.41, 5.74) is 0.771. The smallest absolute Gasteiger partial charge is 0.131 e. The predicted octanol–water partition coefficient (Wildman–Crippen LogP) is 2.36. The fourth-order valence-electron chi connectivity index (χ4n) is 1.93. The van der Waals surface area contributed by atoms with Gasteiger partial charge >= 0.3 is 0 Å². The second-order valence-corrected chi connectivity index (χ2v) is 3.84. The molecule has 0 radical (unpaired) electrons. The lowest BCUT2D eigenvalue weighted by molar-refractivity contribution is 0.122. The van der Waals surface area contributed by atoms with Crippen molar-refractivity contribution < 1.29 is 13.5 Å². The first-order chi connectivity index (χ1) is 7.72. The van der Waals surface area contributed by atoms with Crippen LogP contribution in [0.3, 0.4) is 0 Å². The van der Waals surface area contributed by atoms with Gasteiger partial charge in [0.1, 0.15) is 11.6 Å². The summed E-state index contributed by atoms with van der Waals surface area (Å²) in [6.07, 6.45) is 0.376. The summed E-state index contributed by atoms with van der Waals surface area (Å²) in [5.74, 6) is -0.909. The monoisotopic (exact) mass is 227 g/mol. The van der Waals surface area contributed by atoms with E-state index in [0.717, 1.165) is 0 Å². The average Bonchev–Trinajstić information content (AvgIpc) is 2.30. The molecular weight excluding hydrogens is 212 g/mol. The van der Waals surface area contributed by atoms with Crippen LogP contribution in [0.2, 0.25) is 0 Å². The van der Waals surface area contributed by atoms with E-state index in [0.29, 0.717) is 38.4 Å². The van der Waals surface area contributed by atoms with Gasteiger partial charge in [-0.3, -0.25) is 0 Å². The highest BCUT2D eigenvalue weighted by atomic mass is 19.1. The maximum absolute atomic E-state index is 13.6. The summed E-state index contributed by atoms with van der Waals surface area (Å²) in [7, 11) is 0. The van der Waals surface area contributed by atoms with E-state index in [1.54, 1.807) is 6.92 Å². The Morgan fingerprint density at radius 2 is 1.75 bits per heavy atom. The number of anilines is 1. The van der Waals surface area contributed by atoms with Gasteiger partial charge in [-0.2, -0.15) is 0 Å². The highest BCUT2D eigenvalue weighted by Crippen LogP contribution is 2.23. The molecule has 4 heteroatoms. The third-order valence-corrected chi connectivity index (χ3v) is 2.86. The van der Waals surface area contributed by atoms with E-state index >= 15 is 0 Å². The second-order valence-electron chi connectivity index (χ2n) is 3.84. The van der Waals surface area contributed by atoms with E-state index in [2.05, 4.69) is 0 Å². The van der Waals surface area contributed by atoms with Crippen LogP contribution in [0.1, 0.15) is 12.5 Å². The van der Waals surface area contributed by atoms with Crippen molar-refractivity contribution in [1.82, 2.24) is 0 Å². The van der Waals surface area contributed by atoms with Crippen LogP contribution in [0.15, 0.2) is 12.1 Å². The first-order valence-corrected chi connectivity index (χ1v) is 5.53. The molecule has 16 heavy (non-hydrogen) atoms. The molecule has 1 heterocycles. The molecule has 0 bridgehead atoms. The Labute approximate surface area is 93.8 Å². The van der Waals surface area contributed by atoms with Crippen molar-refractivity contribution in [2.75, 3.05) is 31.2 Å². The van der Waals surface area contributed by atoms with E-state index < -0.39 is 11.6 Å². The summed E-state index contributed by atoms with van der Waals surface area (Å²) in [6.45, 7) is 4.34. The molecule has 1 fully saturated rings. The molecule has 0 unspecified atom stereocenters. The minimum atomic E-state index is -0.455. The lowest BCUT2D eigenvalue weighted by Crippen LogP contribution is -2.36. The molecule has 1 aromatic carbocycles.